The minimum atomic E-state index is -0.406. The average Bonchev–Trinajstić information content (AvgIpc) is 3.29. The summed E-state index contributed by atoms with van der Waals surface area (Å²) in [6, 6.07) is -0.195. The Morgan fingerprint density at radius 3 is 2.78 bits per heavy atom. The summed E-state index contributed by atoms with van der Waals surface area (Å²) in [5.74, 6) is -0.286. The number of amides is 3. The number of urea groups is 1. The minimum absolute atomic E-state index is 0.194. The zero-order valence-electron chi connectivity index (χ0n) is 15.4. The number of carbonyl (C=O) groups is 2. The van der Waals surface area contributed by atoms with Crippen LogP contribution in [0.15, 0.2) is 11.4 Å². The molecule has 2 aliphatic carbocycles. The van der Waals surface area contributed by atoms with E-state index < -0.39 is 5.25 Å². The molecular formula is C19H24N4O2S2. The number of thioether (sulfide) groups is 1. The van der Waals surface area contributed by atoms with Gasteiger partial charge in [-0.2, -0.15) is 0 Å². The maximum absolute atomic E-state index is 12.5. The largest absolute Gasteiger partial charge is 0.335 e. The molecule has 4 rings (SSSR count). The fraction of sp³-hybridized carbons (Fsp3) is 0.579. The summed E-state index contributed by atoms with van der Waals surface area (Å²) >= 11 is 3.16. The number of nitrogens with one attached hydrogen (secondary N) is 2. The molecule has 2 aromatic rings. The highest BCUT2D eigenvalue weighted by Gasteiger charge is 2.24. The van der Waals surface area contributed by atoms with Crippen LogP contribution in [0.3, 0.4) is 0 Å². The van der Waals surface area contributed by atoms with Crippen molar-refractivity contribution in [3.05, 3.63) is 16.8 Å². The third-order valence-corrected chi connectivity index (χ3v) is 7.60. The van der Waals surface area contributed by atoms with E-state index in [2.05, 4.69) is 20.6 Å². The molecule has 0 spiro atoms. The van der Waals surface area contributed by atoms with E-state index in [0.717, 1.165) is 53.8 Å². The Balaban J connectivity index is 1.44. The van der Waals surface area contributed by atoms with E-state index in [0.29, 0.717) is 0 Å². The molecule has 0 aromatic carbocycles. The first-order valence-electron chi connectivity index (χ1n) is 9.65. The van der Waals surface area contributed by atoms with Crippen LogP contribution in [0.4, 0.5) is 4.79 Å². The first-order valence-corrected chi connectivity index (χ1v) is 11.3. The van der Waals surface area contributed by atoms with Crippen molar-refractivity contribution in [1.82, 2.24) is 20.6 Å². The van der Waals surface area contributed by atoms with Crippen LogP contribution in [-0.4, -0.2) is 33.2 Å². The van der Waals surface area contributed by atoms with E-state index in [1.165, 1.54) is 35.0 Å². The van der Waals surface area contributed by atoms with Gasteiger partial charge in [0.2, 0.25) is 5.91 Å². The molecule has 2 aromatic heterocycles. The smallest absolute Gasteiger partial charge is 0.321 e. The second-order valence-corrected chi connectivity index (χ2v) is 9.69. The fourth-order valence-corrected chi connectivity index (χ4v) is 6.12. The number of carbonyl (C=O) groups excluding carboxylic acids is 2. The van der Waals surface area contributed by atoms with E-state index in [9.17, 15) is 9.59 Å². The molecule has 144 valence electrons. The van der Waals surface area contributed by atoms with Crippen LogP contribution in [0.2, 0.25) is 0 Å². The summed E-state index contributed by atoms with van der Waals surface area (Å²) in [6.45, 7) is 1.82. The Morgan fingerprint density at radius 2 is 1.96 bits per heavy atom. The van der Waals surface area contributed by atoms with Crippen molar-refractivity contribution < 1.29 is 9.59 Å². The SMILES string of the molecule is C[C@@H](Sc1ncnc2sc3c(c12)CCCC3)C(=O)NC(=O)NC1CCCC1. The van der Waals surface area contributed by atoms with Crippen molar-refractivity contribution in [2.75, 3.05) is 0 Å². The molecule has 2 aliphatic rings. The van der Waals surface area contributed by atoms with Crippen molar-refractivity contribution in [2.45, 2.75) is 74.6 Å². The lowest BCUT2D eigenvalue weighted by Gasteiger charge is -2.15. The molecule has 6 nitrogen and oxygen atoms in total. The van der Waals surface area contributed by atoms with Crippen LogP contribution in [-0.2, 0) is 17.6 Å². The molecule has 1 saturated carbocycles. The van der Waals surface area contributed by atoms with E-state index in [-0.39, 0.29) is 18.0 Å². The highest BCUT2D eigenvalue weighted by Crippen LogP contribution is 2.40. The molecule has 27 heavy (non-hydrogen) atoms. The van der Waals surface area contributed by atoms with Gasteiger partial charge in [-0.1, -0.05) is 24.6 Å². The lowest BCUT2D eigenvalue weighted by Crippen LogP contribution is -2.45. The third kappa shape index (κ3) is 4.11. The van der Waals surface area contributed by atoms with Gasteiger partial charge in [0, 0.05) is 16.3 Å². The van der Waals surface area contributed by atoms with Gasteiger partial charge in [0.15, 0.2) is 0 Å². The highest BCUT2D eigenvalue weighted by atomic mass is 32.2. The van der Waals surface area contributed by atoms with Gasteiger partial charge >= 0.3 is 6.03 Å². The summed E-state index contributed by atoms with van der Waals surface area (Å²) in [5.41, 5.74) is 1.36. The van der Waals surface area contributed by atoms with Gasteiger partial charge in [0.05, 0.1) is 5.25 Å². The maximum atomic E-state index is 12.5. The zero-order valence-corrected chi connectivity index (χ0v) is 17.0. The zero-order chi connectivity index (χ0) is 18.8. The summed E-state index contributed by atoms with van der Waals surface area (Å²) in [6.07, 6.45) is 10.4. The van der Waals surface area contributed by atoms with Crippen molar-refractivity contribution >= 4 is 45.3 Å². The molecule has 1 atom stereocenters. The molecule has 0 unspecified atom stereocenters. The second-order valence-electron chi connectivity index (χ2n) is 7.27. The number of nitrogens with zero attached hydrogens (tertiary/aromatic N) is 2. The minimum Gasteiger partial charge on any atom is -0.335 e. The molecule has 0 aliphatic heterocycles. The van der Waals surface area contributed by atoms with E-state index in [1.807, 2.05) is 6.92 Å². The standard InChI is InChI=1S/C19H24N4O2S2/c1-11(16(24)23-19(25)22-12-6-2-3-7-12)26-17-15-13-8-4-5-9-14(13)27-18(15)21-10-20-17/h10-12H,2-9H2,1H3,(H2,22,23,24,25)/t11-/m1/s1. The second kappa shape index (κ2) is 8.14. The molecule has 2 N–H and O–H groups in total. The number of thiophene rings is 1. The lowest BCUT2D eigenvalue weighted by atomic mass is 9.97. The topological polar surface area (TPSA) is 84.0 Å². The predicted molar refractivity (Wildman–Crippen MR) is 108 cm³/mol. The summed E-state index contributed by atoms with van der Waals surface area (Å²) in [4.78, 5) is 35.8. The van der Waals surface area contributed by atoms with Gasteiger partial charge < -0.3 is 5.32 Å². The van der Waals surface area contributed by atoms with Gasteiger partial charge in [-0.05, 0) is 51.0 Å². The number of imide groups is 1. The number of hydrogen-bond donors (Lipinski definition) is 2. The highest BCUT2D eigenvalue weighted by molar-refractivity contribution is 8.00. The van der Waals surface area contributed by atoms with Crippen LogP contribution in [0.1, 0.15) is 55.9 Å². The molecule has 3 amide bonds. The maximum Gasteiger partial charge on any atom is 0.321 e. The Kier molecular flexibility index (Phi) is 5.63. The molecular weight excluding hydrogens is 380 g/mol. The Labute approximate surface area is 166 Å². The summed E-state index contributed by atoms with van der Waals surface area (Å²) < 4.78 is 0. The van der Waals surface area contributed by atoms with Crippen molar-refractivity contribution in [3.8, 4) is 0 Å². The fourth-order valence-electron chi connectivity index (χ4n) is 3.88. The monoisotopic (exact) mass is 404 g/mol. The van der Waals surface area contributed by atoms with Gasteiger partial charge in [0.25, 0.3) is 0 Å². The van der Waals surface area contributed by atoms with E-state index in [1.54, 1.807) is 17.7 Å². The Bertz CT molecular complexity index is 861. The predicted octanol–water partition coefficient (Wildman–Crippen LogP) is 3.82. The quantitative estimate of drug-likeness (QED) is 0.598. The van der Waals surface area contributed by atoms with Crippen LogP contribution >= 0.6 is 23.1 Å². The number of rotatable bonds is 4. The molecule has 0 radical (unpaired) electrons. The third-order valence-electron chi connectivity index (χ3n) is 5.30. The van der Waals surface area contributed by atoms with Crippen LogP contribution in [0, 0.1) is 0 Å². The summed E-state index contributed by atoms with van der Waals surface area (Å²) in [5, 5.41) is 6.92. The number of aryl methyl sites for hydroxylation is 2. The normalized spacial score (nSPS) is 18.3. The Morgan fingerprint density at radius 1 is 1.19 bits per heavy atom. The first-order chi connectivity index (χ1) is 13.1. The van der Waals surface area contributed by atoms with E-state index in [4.69, 9.17) is 0 Å². The number of aromatic nitrogens is 2. The van der Waals surface area contributed by atoms with Gasteiger partial charge in [-0.3, -0.25) is 10.1 Å². The lowest BCUT2D eigenvalue weighted by molar-refractivity contribution is -0.119. The van der Waals surface area contributed by atoms with Crippen molar-refractivity contribution in [2.24, 2.45) is 0 Å². The molecule has 8 heteroatoms. The van der Waals surface area contributed by atoms with Crippen LogP contribution < -0.4 is 10.6 Å². The number of hydrogen-bond acceptors (Lipinski definition) is 6. The average molecular weight is 405 g/mol. The van der Waals surface area contributed by atoms with Crippen molar-refractivity contribution in [1.29, 1.82) is 0 Å². The van der Waals surface area contributed by atoms with E-state index >= 15 is 0 Å². The number of fused-ring (bicyclic) bond motifs is 3. The first kappa shape index (κ1) is 18.7. The van der Waals surface area contributed by atoms with Gasteiger partial charge in [0.1, 0.15) is 16.2 Å². The van der Waals surface area contributed by atoms with Crippen molar-refractivity contribution in [3.63, 3.8) is 0 Å². The summed E-state index contributed by atoms with van der Waals surface area (Å²) in [7, 11) is 0. The molecule has 0 saturated heterocycles. The molecule has 2 heterocycles. The van der Waals surface area contributed by atoms with Crippen LogP contribution in [0.25, 0.3) is 10.2 Å². The molecule has 0 bridgehead atoms. The van der Waals surface area contributed by atoms with Gasteiger partial charge in [-0.25, -0.2) is 14.8 Å². The Hall–Kier alpha value is -1.67. The van der Waals surface area contributed by atoms with Gasteiger partial charge in [-0.15, -0.1) is 11.3 Å². The van der Waals surface area contributed by atoms with Crippen LogP contribution in [0.5, 0.6) is 0 Å². The molecule has 1 fully saturated rings.